The molecule has 1 aromatic heterocycles. The molecule has 4 rings (SSSR count). The van der Waals surface area contributed by atoms with E-state index in [1.165, 1.54) is 28.8 Å². The number of pyridine rings is 1. The molecule has 0 aliphatic carbocycles. The van der Waals surface area contributed by atoms with Crippen molar-refractivity contribution >= 4 is 51.8 Å². The second-order valence-corrected chi connectivity index (χ2v) is 10.1. The fourth-order valence-corrected chi connectivity index (χ4v) is 5.78. The molecule has 1 aromatic carbocycles. The van der Waals surface area contributed by atoms with Crippen molar-refractivity contribution in [2.24, 2.45) is 0 Å². The van der Waals surface area contributed by atoms with Gasteiger partial charge in [0.1, 0.15) is 27.6 Å². The third-order valence-electron chi connectivity index (χ3n) is 6.39. The average molecular weight is 524 g/mol. The molecular formula is C26H26FN5O2S2. The average Bonchev–Trinajstić information content (AvgIpc) is 3.14. The highest BCUT2D eigenvalue weighted by Gasteiger charge is 2.33. The van der Waals surface area contributed by atoms with Crippen LogP contribution in [0.25, 0.3) is 6.08 Å². The van der Waals surface area contributed by atoms with E-state index in [-0.39, 0.29) is 22.8 Å². The predicted octanol–water partition coefficient (Wildman–Crippen LogP) is 3.90. The first-order valence-electron chi connectivity index (χ1n) is 11.6. The van der Waals surface area contributed by atoms with Gasteiger partial charge in [0.05, 0.1) is 4.91 Å². The lowest BCUT2D eigenvalue weighted by atomic mass is 10.0. The van der Waals surface area contributed by atoms with E-state index in [9.17, 15) is 19.2 Å². The van der Waals surface area contributed by atoms with Gasteiger partial charge in [-0.1, -0.05) is 30.1 Å². The molecule has 0 bridgehead atoms. The lowest BCUT2D eigenvalue weighted by Gasteiger charge is -2.39. The van der Waals surface area contributed by atoms with Gasteiger partial charge in [-0.2, -0.15) is 5.26 Å². The molecule has 186 valence electrons. The Balaban J connectivity index is 1.76. The molecule has 36 heavy (non-hydrogen) atoms. The molecule has 7 nitrogen and oxygen atoms in total. The van der Waals surface area contributed by atoms with Gasteiger partial charge in [0.2, 0.25) is 0 Å². The number of carbonyl (C=O) groups is 1. The van der Waals surface area contributed by atoms with Crippen LogP contribution in [-0.2, 0) is 11.3 Å². The van der Waals surface area contributed by atoms with E-state index in [4.69, 9.17) is 12.2 Å². The van der Waals surface area contributed by atoms with Crippen molar-refractivity contribution in [1.29, 1.82) is 5.26 Å². The van der Waals surface area contributed by atoms with E-state index in [2.05, 4.69) is 22.4 Å². The summed E-state index contributed by atoms with van der Waals surface area (Å²) in [5.41, 5.74) is 1.87. The number of benzene rings is 1. The number of amides is 1. The van der Waals surface area contributed by atoms with E-state index in [0.29, 0.717) is 65.4 Å². The quantitative estimate of drug-likeness (QED) is 0.323. The number of carbonyl (C=O) groups excluding carboxylic acids is 1. The van der Waals surface area contributed by atoms with Crippen molar-refractivity contribution in [3.8, 4) is 6.07 Å². The summed E-state index contributed by atoms with van der Waals surface area (Å²) in [5, 5.41) is 9.75. The number of anilines is 2. The third-order valence-corrected chi connectivity index (χ3v) is 7.77. The normalized spacial score (nSPS) is 17.2. The standard InChI is InChI=1S/C26H26FN5O2S2/c1-4-10-32-25(34)22(36-26(32)35)15-20-17(3)21(16-28)24(33)31(5-2)23(20)30-13-11-29(12-14-30)19-8-6-18(27)7-9-19/h4,6-9,15H,1,5,10-14H2,2-3H3/b22-15-. The lowest BCUT2D eigenvalue weighted by molar-refractivity contribution is -0.121. The van der Waals surface area contributed by atoms with Crippen LogP contribution < -0.4 is 15.4 Å². The number of hydrogen-bond acceptors (Lipinski definition) is 7. The Labute approximate surface area is 219 Å². The molecule has 10 heteroatoms. The van der Waals surface area contributed by atoms with Crippen molar-refractivity contribution in [1.82, 2.24) is 9.47 Å². The number of piperazine rings is 1. The Morgan fingerprint density at radius 3 is 2.39 bits per heavy atom. The van der Waals surface area contributed by atoms with Crippen LogP contribution in [0.3, 0.4) is 0 Å². The van der Waals surface area contributed by atoms with Crippen molar-refractivity contribution in [3.63, 3.8) is 0 Å². The fourth-order valence-electron chi connectivity index (χ4n) is 4.52. The van der Waals surface area contributed by atoms with E-state index in [1.807, 2.05) is 6.92 Å². The molecule has 0 unspecified atom stereocenters. The zero-order valence-electron chi connectivity index (χ0n) is 20.2. The predicted molar refractivity (Wildman–Crippen MR) is 147 cm³/mol. The Hall–Kier alpha value is -3.42. The van der Waals surface area contributed by atoms with Gasteiger partial charge in [-0.25, -0.2) is 4.39 Å². The highest BCUT2D eigenvalue weighted by Crippen LogP contribution is 2.36. The molecule has 2 aliphatic rings. The minimum atomic E-state index is -0.343. The lowest BCUT2D eigenvalue weighted by Crippen LogP contribution is -2.48. The van der Waals surface area contributed by atoms with Crippen molar-refractivity contribution < 1.29 is 9.18 Å². The zero-order valence-corrected chi connectivity index (χ0v) is 21.8. The van der Waals surface area contributed by atoms with Crippen molar-refractivity contribution in [2.45, 2.75) is 20.4 Å². The number of thioether (sulfide) groups is 1. The van der Waals surface area contributed by atoms with Crippen LogP contribution in [0.2, 0.25) is 0 Å². The number of nitriles is 1. The van der Waals surface area contributed by atoms with Crippen LogP contribution in [0.1, 0.15) is 23.6 Å². The second kappa shape index (κ2) is 10.7. The van der Waals surface area contributed by atoms with E-state index in [0.717, 1.165) is 5.69 Å². The summed E-state index contributed by atoms with van der Waals surface area (Å²) >= 11 is 6.59. The number of thiocarbonyl (C=S) groups is 1. The van der Waals surface area contributed by atoms with Crippen LogP contribution in [0.4, 0.5) is 15.9 Å². The first-order chi connectivity index (χ1) is 17.3. The first-order valence-corrected chi connectivity index (χ1v) is 12.8. The van der Waals surface area contributed by atoms with E-state index in [1.54, 1.807) is 35.8 Å². The molecule has 0 N–H and O–H groups in total. The molecular weight excluding hydrogens is 497 g/mol. The molecule has 0 saturated carbocycles. The molecule has 2 saturated heterocycles. The molecule has 3 heterocycles. The molecule has 0 radical (unpaired) electrons. The van der Waals surface area contributed by atoms with E-state index < -0.39 is 0 Å². The van der Waals surface area contributed by atoms with Gasteiger partial charge in [-0.05, 0) is 49.8 Å². The molecule has 2 aromatic rings. The third kappa shape index (κ3) is 4.68. The van der Waals surface area contributed by atoms with Crippen LogP contribution in [0.15, 0.2) is 46.6 Å². The largest absolute Gasteiger partial charge is 0.368 e. The number of halogens is 1. The number of rotatable bonds is 6. The van der Waals surface area contributed by atoms with Gasteiger partial charge in [-0.15, -0.1) is 6.58 Å². The molecule has 1 amide bonds. The molecule has 0 atom stereocenters. The van der Waals surface area contributed by atoms with Crippen LogP contribution in [0.5, 0.6) is 0 Å². The second-order valence-electron chi connectivity index (χ2n) is 8.43. The SMILES string of the molecule is C=CCN1C(=O)/C(=C/c2c(C)c(C#N)c(=O)n(CC)c2N2CCN(c3ccc(F)cc3)CC2)SC1=S. The Morgan fingerprint density at radius 2 is 1.81 bits per heavy atom. The minimum absolute atomic E-state index is 0.0679. The maximum absolute atomic E-state index is 13.4. The fraction of sp³-hybridized carbons (Fsp3) is 0.308. The van der Waals surface area contributed by atoms with Gasteiger partial charge >= 0.3 is 0 Å². The van der Waals surface area contributed by atoms with Gasteiger partial charge in [0.15, 0.2) is 0 Å². The molecule has 2 fully saturated rings. The summed E-state index contributed by atoms with van der Waals surface area (Å²) in [6.07, 6.45) is 3.38. The summed E-state index contributed by atoms with van der Waals surface area (Å²) in [6.45, 7) is 10.6. The number of hydrogen-bond donors (Lipinski definition) is 0. The Kier molecular flexibility index (Phi) is 7.62. The summed E-state index contributed by atoms with van der Waals surface area (Å²) in [5.74, 6) is 0.191. The molecule has 0 spiro atoms. The zero-order chi connectivity index (χ0) is 26.0. The number of aromatic nitrogens is 1. The van der Waals surface area contributed by atoms with E-state index >= 15 is 0 Å². The summed E-state index contributed by atoms with van der Waals surface area (Å²) in [7, 11) is 0. The summed E-state index contributed by atoms with van der Waals surface area (Å²) in [6, 6.07) is 8.46. The monoisotopic (exact) mass is 523 g/mol. The Morgan fingerprint density at radius 1 is 1.17 bits per heavy atom. The van der Waals surface area contributed by atoms with Crippen LogP contribution in [0, 0.1) is 24.1 Å². The highest BCUT2D eigenvalue weighted by molar-refractivity contribution is 8.26. The first kappa shape index (κ1) is 25.7. The maximum Gasteiger partial charge on any atom is 0.270 e. The van der Waals surface area contributed by atoms with Gasteiger partial charge in [0, 0.05) is 50.5 Å². The van der Waals surface area contributed by atoms with Crippen molar-refractivity contribution in [2.75, 3.05) is 42.5 Å². The van der Waals surface area contributed by atoms with Crippen LogP contribution >= 0.6 is 24.0 Å². The van der Waals surface area contributed by atoms with Gasteiger partial charge < -0.3 is 9.80 Å². The summed E-state index contributed by atoms with van der Waals surface area (Å²) < 4.78 is 15.4. The molecule has 2 aliphatic heterocycles. The van der Waals surface area contributed by atoms with Crippen molar-refractivity contribution in [3.05, 3.63) is 74.7 Å². The highest BCUT2D eigenvalue weighted by atomic mass is 32.2. The van der Waals surface area contributed by atoms with Gasteiger partial charge in [-0.3, -0.25) is 19.1 Å². The minimum Gasteiger partial charge on any atom is -0.368 e. The van der Waals surface area contributed by atoms with Gasteiger partial charge in [0.25, 0.3) is 11.5 Å². The summed E-state index contributed by atoms with van der Waals surface area (Å²) in [4.78, 5) is 32.5. The Bertz CT molecular complexity index is 1350. The van der Waals surface area contributed by atoms with Crippen LogP contribution in [-0.4, -0.2) is 52.4 Å². The number of nitrogens with zero attached hydrogens (tertiary/aromatic N) is 5. The topological polar surface area (TPSA) is 72.6 Å². The maximum atomic E-state index is 13.4. The smallest absolute Gasteiger partial charge is 0.270 e.